The number of hydrogen-bond acceptors (Lipinski definition) is 23. The lowest BCUT2D eigenvalue weighted by Crippen LogP contribution is -2.62. The van der Waals surface area contributed by atoms with Crippen molar-refractivity contribution >= 4 is 106 Å². The number of imidazole rings is 1. The molecule has 0 aliphatic carbocycles. The van der Waals surface area contributed by atoms with E-state index in [4.69, 9.17) is 11.5 Å². The lowest BCUT2D eigenvalue weighted by atomic mass is 9.95. The fourth-order valence-corrected chi connectivity index (χ4v) is 15.4. The van der Waals surface area contributed by atoms with E-state index in [1.807, 2.05) is 30.3 Å². The number of nitrogens with two attached hydrogens (primary N) is 2. The van der Waals surface area contributed by atoms with E-state index in [0.717, 1.165) is 5.56 Å². The van der Waals surface area contributed by atoms with Gasteiger partial charge in [-0.3, -0.25) is 81.5 Å². The molecule has 2 aliphatic heterocycles. The number of aliphatic hydroxyl groups excluding tert-OH is 2. The summed E-state index contributed by atoms with van der Waals surface area (Å²) in [7, 11) is 0. The molecule has 17 amide bonds. The summed E-state index contributed by atoms with van der Waals surface area (Å²) in [6, 6.07) is -3.15. The van der Waals surface area contributed by atoms with Crippen LogP contribution in [0.15, 0.2) is 73.2 Å². The topological polar surface area (TPSA) is 636 Å². The second-order valence-corrected chi connectivity index (χ2v) is 35.8. The molecule has 2 saturated heterocycles. The number of aromatic amines is 1. The van der Waals surface area contributed by atoms with Crippen LogP contribution in [0.3, 0.4) is 0 Å². The van der Waals surface area contributed by atoms with Crippen molar-refractivity contribution in [1.82, 2.24) is 99.5 Å². The Morgan fingerprint density at radius 2 is 0.806 bits per heavy atom. The molecule has 20 atom stereocenters. The van der Waals surface area contributed by atoms with Gasteiger partial charge in [-0.15, -0.1) is 0 Å². The van der Waals surface area contributed by atoms with Crippen LogP contribution in [0.1, 0.15) is 197 Å². The number of nitrogens with zero attached hydrogens (tertiary/aromatic N) is 3. The monoisotopic (exact) mass is 1880 g/mol. The van der Waals surface area contributed by atoms with Crippen LogP contribution in [-0.2, 0) is 106 Å². The van der Waals surface area contributed by atoms with E-state index in [-0.39, 0.29) is 76.3 Å². The number of aliphatic hydroxyl groups is 2. The molecule has 3 aromatic rings. The van der Waals surface area contributed by atoms with Crippen molar-refractivity contribution in [3.8, 4) is 0 Å². The molecule has 0 spiro atoms. The Balaban J connectivity index is 1.19. The zero-order chi connectivity index (χ0) is 99.8. The predicted molar refractivity (Wildman–Crippen MR) is 494 cm³/mol. The van der Waals surface area contributed by atoms with Crippen molar-refractivity contribution in [2.24, 2.45) is 47.0 Å². The SMILES string of the molecule is CC[C@H](C)[C@H](NC(=O)[C@H](C)NC(=O)[C@H](Cc1cnc[nH]1)NC(=O)[C@@H]1CCCN1C(=O)[C@@H](NC(=O)[C@H](CC(C)C)NC(=O)[C@H](CO)NC(=O)[C@H](Cc1ccccc1)NC(=O)[C@@H]1CCCN1C(=O)[C@@H](N)Cc1ccccc1)[C@@H](C)CC)C(=O)NCC(=O)NCC(=O)N[C@@H](CC(C)C)C(=O)N[C@H](C(=O)N[C@@H](CO)C(=O)N[C@@H](C)C(=O)N[C@H](C(=O)N[C@@H](CCCCN)C(=O)O)[C@@H](C)CC)[C@@H](C)CC. The van der Waals surface area contributed by atoms with Gasteiger partial charge in [-0.25, -0.2) is 9.78 Å². The zero-order valence-corrected chi connectivity index (χ0v) is 79.6. The first kappa shape index (κ1) is 112. The Morgan fingerprint density at radius 3 is 1.26 bits per heavy atom. The lowest BCUT2D eigenvalue weighted by Gasteiger charge is -2.33. The average molecular weight is 1880 g/mol. The van der Waals surface area contributed by atoms with E-state index in [0.29, 0.717) is 69.2 Å². The summed E-state index contributed by atoms with van der Waals surface area (Å²) in [5.74, 6) is -17.8. The van der Waals surface area contributed by atoms with Crippen molar-refractivity contribution in [3.63, 3.8) is 0 Å². The Bertz CT molecular complexity index is 4400. The molecule has 0 radical (unpaired) electrons. The summed E-state index contributed by atoms with van der Waals surface area (Å²) in [5, 5.41) is 69.5. The van der Waals surface area contributed by atoms with Gasteiger partial charge in [0.2, 0.25) is 100 Å². The van der Waals surface area contributed by atoms with Gasteiger partial charge in [-0.2, -0.15) is 0 Å². The molecule has 134 heavy (non-hydrogen) atoms. The van der Waals surface area contributed by atoms with E-state index in [9.17, 15) is 96.8 Å². The molecule has 3 heterocycles. The van der Waals surface area contributed by atoms with Crippen LogP contribution in [0, 0.1) is 35.5 Å². The number of benzene rings is 2. The van der Waals surface area contributed by atoms with Crippen molar-refractivity contribution in [2.75, 3.05) is 45.9 Å². The number of unbranched alkanes of at least 4 members (excludes halogenated alkanes) is 1. The number of aromatic nitrogens is 2. The van der Waals surface area contributed by atoms with Crippen LogP contribution >= 0.6 is 0 Å². The Morgan fingerprint density at radius 1 is 0.418 bits per heavy atom. The summed E-state index contributed by atoms with van der Waals surface area (Å²) in [5.41, 5.74) is 13.8. The molecule has 42 heteroatoms. The predicted octanol–water partition coefficient (Wildman–Crippen LogP) is -2.20. The van der Waals surface area contributed by atoms with E-state index >= 15 is 4.79 Å². The van der Waals surface area contributed by atoms with E-state index in [2.05, 4.69) is 89.7 Å². The third-order valence-corrected chi connectivity index (χ3v) is 24.2. The molecular formula is C92H145N21O21. The van der Waals surface area contributed by atoms with Crippen molar-refractivity contribution in [3.05, 3.63) is 90.0 Å². The average Bonchev–Trinajstić information content (AvgIpc) is 1.75. The lowest BCUT2D eigenvalue weighted by molar-refractivity contribution is -0.143. The minimum absolute atomic E-state index is 0.00827. The second kappa shape index (κ2) is 56.9. The van der Waals surface area contributed by atoms with Gasteiger partial charge in [0.05, 0.1) is 38.7 Å². The molecular weight excluding hydrogens is 1740 g/mol. The largest absolute Gasteiger partial charge is 0.480 e. The fraction of sp³-hybridized carbons (Fsp3) is 0.641. The van der Waals surface area contributed by atoms with Gasteiger partial charge in [0, 0.05) is 37.8 Å². The molecule has 0 unspecified atom stereocenters. The number of carboxylic acid groups (broad SMARTS) is 1. The first-order chi connectivity index (χ1) is 63.5. The zero-order valence-electron chi connectivity index (χ0n) is 79.6. The highest BCUT2D eigenvalue weighted by molar-refractivity contribution is 6.01. The third-order valence-electron chi connectivity index (χ3n) is 24.2. The number of amides is 17. The summed E-state index contributed by atoms with van der Waals surface area (Å²) in [4.78, 5) is 260. The van der Waals surface area contributed by atoms with Gasteiger partial charge in [0.15, 0.2) is 0 Å². The number of likely N-dealkylation sites (tertiary alicyclic amines) is 2. The number of rotatable bonds is 57. The molecule has 2 fully saturated rings. The van der Waals surface area contributed by atoms with Crippen LogP contribution in [0.25, 0.3) is 0 Å². The first-order valence-corrected chi connectivity index (χ1v) is 46.6. The highest BCUT2D eigenvalue weighted by atomic mass is 16.4. The van der Waals surface area contributed by atoms with Gasteiger partial charge in [-0.1, -0.05) is 169 Å². The minimum Gasteiger partial charge on any atom is -0.480 e. The van der Waals surface area contributed by atoms with Gasteiger partial charge in [0.25, 0.3) is 0 Å². The maximum absolute atomic E-state index is 15.0. The van der Waals surface area contributed by atoms with Crippen molar-refractivity contribution in [2.45, 2.75) is 296 Å². The quantitative estimate of drug-likeness (QED) is 0.0267. The molecule has 0 bridgehead atoms. The highest BCUT2D eigenvalue weighted by Gasteiger charge is 2.45. The standard InChI is InChI=1S/C92H145N21O21/c1-15-52(9)73(87(128)97-45-71(116)96-46-72(117)101-63(39-50(5)6)81(122)110-75(54(11)17-3)89(130)107-67(47-114)83(124)100-57(14)78(119)109-74(53(10)16-2)88(129)102-62(92(133)134)33-25-26-36-93)108-77(118)56(13)99-79(120)66(43-60-44-95-49-98-60)105-86(127)70-35-28-38-113(70)91(132)76(55(12)18-4)111-82(123)64(40-51(7)8)103-84(125)68(48-115)106-80(121)65(42-59-31-23-20-24-32-59)104-85(126)69-34-27-37-112(69)90(131)61(94)41-58-29-21-19-22-30-58/h19-24,29-32,44,49-57,61-70,73-76,114-115H,15-18,25-28,33-43,45-48,93-94H2,1-14H3,(H,95,98)(H,96,116)(H,97,128)(H,99,120)(H,100,124)(H,101,117)(H,102,129)(H,103,125)(H,104,126)(H,105,127)(H,106,121)(H,107,130)(H,108,118)(H,109,119)(H,110,122)(H,111,123)(H,133,134)/t52-,53-,54-,55-,56-,57-,61-,62-,63-,64-,65-,66-,67-,68-,69-,70-,73-,74-,75-,76-/m0/s1. The number of carbonyl (C=O) groups is 18. The van der Waals surface area contributed by atoms with Crippen LogP contribution in [0.2, 0.25) is 0 Å². The number of aliphatic carboxylic acids is 1. The number of hydrogen-bond donors (Lipinski definition) is 21. The summed E-state index contributed by atoms with van der Waals surface area (Å²) >= 11 is 0. The molecule has 5 rings (SSSR count). The van der Waals surface area contributed by atoms with E-state index < -0.39 is 253 Å². The van der Waals surface area contributed by atoms with Crippen molar-refractivity contribution in [1.29, 1.82) is 0 Å². The number of nitrogens with one attached hydrogen (secondary N) is 16. The van der Waals surface area contributed by atoms with Gasteiger partial charge >= 0.3 is 5.97 Å². The van der Waals surface area contributed by atoms with Gasteiger partial charge in [-0.05, 0) is 131 Å². The maximum Gasteiger partial charge on any atom is 0.326 e. The van der Waals surface area contributed by atoms with Crippen LogP contribution < -0.4 is 91.2 Å². The minimum atomic E-state index is -1.67. The molecule has 2 aromatic carbocycles. The Kier molecular flexibility index (Phi) is 47.7. The second-order valence-electron chi connectivity index (χ2n) is 35.8. The van der Waals surface area contributed by atoms with Crippen LogP contribution in [0.5, 0.6) is 0 Å². The number of carbonyl (C=O) groups excluding carboxylic acids is 17. The van der Waals surface area contributed by atoms with E-state index in [1.165, 1.54) is 36.2 Å². The maximum atomic E-state index is 15.0. The van der Waals surface area contributed by atoms with Crippen LogP contribution in [-0.4, -0.2) is 284 Å². The molecule has 42 nitrogen and oxygen atoms in total. The summed E-state index contributed by atoms with van der Waals surface area (Å²) in [6.45, 7) is 20.6. The smallest absolute Gasteiger partial charge is 0.326 e. The van der Waals surface area contributed by atoms with Gasteiger partial charge in [0.1, 0.15) is 90.6 Å². The molecule has 1 aromatic heterocycles. The normalized spacial score (nSPS) is 17.6. The Labute approximate surface area is 783 Å². The highest BCUT2D eigenvalue weighted by Crippen LogP contribution is 2.25. The molecule has 0 saturated carbocycles. The summed E-state index contributed by atoms with van der Waals surface area (Å²) in [6.07, 6.45) is 6.36. The molecule has 744 valence electrons. The first-order valence-electron chi connectivity index (χ1n) is 46.6. The van der Waals surface area contributed by atoms with Crippen molar-refractivity contribution < 1.29 is 102 Å². The van der Waals surface area contributed by atoms with Crippen LogP contribution in [0.4, 0.5) is 0 Å². The number of H-pyrrole nitrogens is 1. The molecule has 23 N–H and O–H groups in total. The summed E-state index contributed by atoms with van der Waals surface area (Å²) < 4.78 is 0. The Hall–Kier alpha value is -12.0. The van der Waals surface area contributed by atoms with E-state index in [1.54, 1.807) is 113 Å². The van der Waals surface area contributed by atoms with Gasteiger partial charge < -0.3 is 121 Å². The number of carboxylic acids is 1. The third kappa shape index (κ3) is 35.7. The fourth-order valence-electron chi connectivity index (χ4n) is 15.4. The molecule has 2 aliphatic rings.